The summed E-state index contributed by atoms with van der Waals surface area (Å²) < 4.78 is 10.9. The maximum atomic E-state index is 14.2. The Morgan fingerprint density at radius 3 is 2.64 bits per heavy atom. The lowest BCUT2D eigenvalue weighted by Gasteiger charge is -2.41. The van der Waals surface area contributed by atoms with E-state index in [9.17, 15) is 4.79 Å². The smallest absolute Gasteiger partial charge is 0.252 e. The van der Waals surface area contributed by atoms with Crippen molar-refractivity contribution in [3.63, 3.8) is 0 Å². The van der Waals surface area contributed by atoms with Crippen molar-refractivity contribution in [2.45, 2.75) is 50.4 Å². The van der Waals surface area contributed by atoms with Crippen LogP contribution in [0.1, 0.15) is 36.8 Å². The van der Waals surface area contributed by atoms with Crippen molar-refractivity contribution in [2.75, 3.05) is 33.4 Å². The first-order chi connectivity index (χ1) is 17.5. The molecule has 2 heterocycles. The minimum atomic E-state index is -0.0268. The van der Waals surface area contributed by atoms with Gasteiger partial charge in [-0.15, -0.1) is 0 Å². The van der Waals surface area contributed by atoms with Gasteiger partial charge in [0.05, 0.1) is 22.7 Å². The second-order valence-corrected chi connectivity index (χ2v) is 10.6. The maximum Gasteiger partial charge on any atom is 0.252 e. The molecule has 0 aromatic heterocycles. The molecule has 36 heavy (non-hydrogen) atoms. The molecule has 2 aromatic rings. The first-order valence-electron chi connectivity index (χ1n) is 12.7. The summed E-state index contributed by atoms with van der Waals surface area (Å²) in [4.78, 5) is 16.2. The summed E-state index contributed by atoms with van der Waals surface area (Å²) in [5.74, 6) is 0.914. The highest BCUT2D eigenvalue weighted by molar-refractivity contribution is 6.42. The van der Waals surface area contributed by atoms with Gasteiger partial charge >= 0.3 is 0 Å². The lowest BCUT2D eigenvalue weighted by molar-refractivity contribution is -0.128. The first-order valence-corrected chi connectivity index (χ1v) is 13.5. The Morgan fingerprint density at radius 2 is 1.89 bits per heavy atom. The molecule has 2 N–H and O–H groups in total. The van der Waals surface area contributed by atoms with Gasteiger partial charge in [0.15, 0.2) is 0 Å². The number of ether oxygens (including phenoxy) is 2. The number of nitrogens with zero attached hydrogens (tertiary/aromatic N) is 1. The molecule has 6 nitrogen and oxygen atoms in total. The van der Waals surface area contributed by atoms with Gasteiger partial charge in [-0.1, -0.05) is 47.5 Å². The summed E-state index contributed by atoms with van der Waals surface area (Å²) in [6.07, 6.45) is 3.67. The second kappa shape index (κ2) is 11.5. The molecular formula is C28H33Cl2N3O3. The van der Waals surface area contributed by atoms with Crippen LogP contribution in [-0.2, 0) is 16.1 Å². The summed E-state index contributed by atoms with van der Waals surface area (Å²) >= 11 is 12.8. The van der Waals surface area contributed by atoms with Crippen LogP contribution >= 0.6 is 23.2 Å². The lowest BCUT2D eigenvalue weighted by Crippen LogP contribution is -2.60. The maximum absolute atomic E-state index is 14.2. The van der Waals surface area contributed by atoms with E-state index in [1.165, 1.54) is 0 Å². The van der Waals surface area contributed by atoms with Crippen molar-refractivity contribution in [1.29, 1.82) is 0 Å². The predicted molar refractivity (Wildman–Crippen MR) is 144 cm³/mol. The fourth-order valence-corrected chi connectivity index (χ4v) is 5.53. The molecular weight excluding hydrogens is 497 g/mol. The molecule has 2 fully saturated rings. The Balaban J connectivity index is 1.44. The number of amides is 1. The Kier molecular flexibility index (Phi) is 8.18. The van der Waals surface area contributed by atoms with Gasteiger partial charge in [0.1, 0.15) is 5.75 Å². The van der Waals surface area contributed by atoms with Gasteiger partial charge in [-0.3, -0.25) is 4.79 Å². The van der Waals surface area contributed by atoms with Gasteiger partial charge in [-0.05, 0) is 54.2 Å². The SMILES string of the molecule is COCCCOc1ccc(C2=C(C(=O)N(Cc3cccc(Cl)c3Cl)C3CC3)C3CNCC(C2)N3)cc1. The Labute approximate surface area is 222 Å². The second-order valence-electron chi connectivity index (χ2n) is 9.77. The molecule has 2 unspecified atom stereocenters. The molecule has 2 aliphatic heterocycles. The van der Waals surface area contributed by atoms with E-state index in [1.54, 1.807) is 13.2 Å². The molecule has 1 saturated carbocycles. The average molecular weight is 530 g/mol. The van der Waals surface area contributed by atoms with Crippen LogP contribution in [0.4, 0.5) is 0 Å². The molecule has 8 heteroatoms. The molecule has 1 aliphatic carbocycles. The highest BCUT2D eigenvalue weighted by atomic mass is 35.5. The molecule has 3 aliphatic rings. The van der Waals surface area contributed by atoms with Crippen molar-refractivity contribution in [3.05, 3.63) is 69.2 Å². The van der Waals surface area contributed by atoms with Crippen LogP contribution in [0, 0.1) is 0 Å². The van der Waals surface area contributed by atoms with E-state index in [4.69, 9.17) is 32.7 Å². The number of carbonyl (C=O) groups is 1. The molecule has 5 rings (SSSR count). The third-order valence-electron chi connectivity index (χ3n) is 7.12. The molecule has 1 amide bonds. The molecule has 1 saturated heterocycles. The van der Waals surface area contributed by atoms with Crippen molar-refractivity contribution in [2.24, 2.45) is 0 Å². The highest BCUT2D eigenvalue weighted by Gasteiger charge is 2.41. The third-order valence-corrected chi connectivity index (χ3v) is 7.97. The van der Waals surface area contributed by atoms with Gasteiger partial charge in [0.25, 0.3) is 5.91 Å². The van der Waals surface area contributed by atoms with E-state index in [0.717, 1.165) is 66.8 Å². The number of rotatable bonds is 10. The van der Waals surface area contributed by atoms with Crippen LogP contribution in [0.15, 0.2) is 48.0 Å². The fraction of sp³-hybridized carbons (Fsp3) is 0.464. The molecule has 0 radical (unpaired) electrons. The van der Waals surface area contributed by atoms with Crippen molar-refractivity contribution in [3.8, 4) is 5.75 Å². The summed E-state index contributed by atoms with van der Waals surface area (Å²) in [5.41, 5.74) is 3.95. The summed E-state index contributed by atoms with van der Waals surface area (Å²) in [7, 11) is 1.69. The van der Waals surface area contributed by atoms with Crippen LogP contribution in [0.3, 0.4) is 0 Å². The monoisotopic (exact) mass is 529 g/mol. The fourth-order valence-electron chi connectivity index (χ4n) is 5.15. The number of piperazine rings is 1. The van der Waals surface area contributed by atoms with Crippen molar-refractivity contribution < 1.29 is 14.3 Å². The van der Waals surface area contributed by atoms with E-state index in [0.29, 0.717) is 35.8 Å². The number of methoxy groups -OCH3 is 1. The Morgan fingerprint density at radius 1 is 1.08 bits per heavy atom. The Hall–Kier alpha value is -2.09. The van der Waals surface area contributed by atoms with Crippen LogP contribution in [0.2, 0.25) is 10.0 Å². The number of carbonyl (C=O) groups excluding carboxylic acids is 1. The summed E-state index contributed by atoms with van der Waals surface area (Å²) in [6, 6.07) is 14.3. The Bertz CT molecular complexity index is 1120. The summed E-state index contributed by atoms with van der Waals surface area (Å²) in [6.45, 7) is 3.38. The zero-order valence-corrected chi connectivity index (χ0v) is 22.1. The molecule has 192 valence electrons. The zero-order chi connectivity index (χ0) is 25.1. The van der Waals surface area contributed by atoms with E-state index in [2.05, 4.69) is 22.8 Å². The van der Waals surface area contributed by atoms with Gasteiger partial charge in [0.2, 0.25) is 0 Å². The highest BCUT2D eigenvalue weighted by Crippen LogP contribution is 2.37. The number of hydrogen-bond donors (Lipinski definition) is 2. The van der Waals surface area contributed by atoms with Gasteiger partial charge in [-0.2, -0.15) is 0 Å². The van der Waals surface area contributed by atoms with Crippen LogP contribution in [-0.4, -0.2) is 62.3 Å². The van der Waals surface area contributed by atoms with E-state index < -0.39 is 0 Å². The van der Waals surface area contributed by atoms with Gasteiger partial charge in [0, 0.05) is 57.4 Å². The van der Waals surface area contributed by atoms with Crippen LogP contribution in [0.5, 0.6) is 5.75 Å². The molecule has 0 spiro atoms. The van der Waals surface area contributed by atoms with E-state index in [-0.39, 0.29) is 18.0 Å². The predicted octanol–water partition coefficient (Wildman–Crippen LogP) is 4.69. The van der Waals surface area contributed by atoms with Crippen molar-refractivity contribution in [1.82, 2.24) is 15.5 Å². The third kappa shape index (κ3) is 5.74. The van der Waals surface area contributed by atoms with Crippen molar-refractivity contribution >= 4 is 34.7 Å². The largest absolute Gasteiger partial charge is 0.494 e. The average Bonchev–Trinajstić information content (AvgIpc) is 3.73. The van der Waals surface area contributed by atoms with Gasteiger partial charge < -0.3 is 25.0 Å². The van der Waals surface area contributed by atoms with E-state index in [1.807, 2.05) is 29.2 Å². The molecule has 2 atom stereocenters. The van der Waals surface area contributed by atoms with E-state index >= 15 is 0 Å². The number of benzene rings is 2. The first kappa shape index (κ1) is 25.6. The number of nitrogens with one attached hydrogen (secondary N) is 2. The number of hydrogen-bond acceptors (Lipinski definition) is 5. The molecule has 2 aromatic carbocycles. The molecule has 2 bridgehead atoms. The standard InChI is InChI=1S/C28H33Cl2N3O3/c1-35-12-3-13-36-22-10-6-18(7-11-22)23-14-20-15-31-16-25(32-20)26(23)28(34)33(21-8-9-21)17-19-4-2-5-24(29)27(19)30/h2,4-7,10-11,20-21,25,31-32H,3,8-9,12-17H2,1H3. The summed E-state index contributed by atoms with van der Waals surface area (Å²) in [5, 5.41) is 8.22. The topological polar surface area (TPSA) is 62.8 Å². The quantitative estimate of drug-likeness (QED) is 0.437. The lowest BCUT2D eigenvalue weighted by atomic mass is 9.83. The number of fused-ring (bicyclic) bond motifs is 2. The van der Waals surface area contributed by atoms with Crippen LogP contribution < -0.4 is 15.4 Å². The van der Waals surface area contributed by atoms with Crippen LogP contribution in [0.25, 0.3) is 5.57 Å². The number of halogens is 2. The zero-order valence-electron chi connectivity index (χ0n) is 20.6. The minimum absolute atomic E-state index is 0.0268. The van der Waals surface area contributed by atoms with Gasteiger partial charge in [-0.25, -0.2) is 0 Å². The normalized spacial score (nSPS) is 21.4. The minimum Gasteiger partial charge on any atom is -0.494 e.